The van der Waals surface area contributed by atoms with Crippen LogP contribution in [0.4, 0.5) is 0 Å². The molecule has 0 N–H and O–H groups in total. The number of carbonyl (C=O) groups excluding carboxylic acids is 1. The van der Waals surface area contributed by atoms with Crippen LogP contribution in [0.15, 0.2) is 10.5 Å². The summed E-state index contributed by atoms with van der Waals surface area (Å²) in [7, 11) is 2.77. The van der Waals surface area contributed by atoms with E-state index in [0.29, 0.717) is 17.7 Å². The molecular formula is C9H12O4. The number of esters is 1. The number of aryl methyl sites for hydroxylation is 1. The maximum Gasteiger partial charge on any atom is 0.345 e. The number of hydrogen-bond donors (Lipinski definition) is 0. The highest BCUT2D eigenvalue weighted by Gasteiger charge is 2.18. The molecule has 1 aromatic heterocycles. The van der Waals surface area contributed by atoms with Crippen molar-refractivity contribution in [3.63, 3.8) is 0 Å². The minimum absolute atomic E-state index is 0.212. The molecule has 4 nitrogen and oxygen atoms in total. The van der Waals surface area contributed by atoms with E-state index < -0.39 is 5.97 Å². The normalized spacial score (nSPS) is 9.77. The molecule has 0 saturated heterocycles. The number of furan rings is 1. The van der Waals surface area contributed by atoms with Gasteiger partial charge in [0.25, 0.3) is 5.95 Å². The molecule has 0 amide bonds. The third-order valence-electron chi connectivity index (χ3n) is 1.69. The lowest BCUT2D eigenvalue weighted by Gasteiger charge is -1.97. The summed E-state index contributed by atoms with van der Waals surface area (Å²) < 4.78 is 14.7. The van der Waals surface area contributed by atoms with Crippen molar-refractivity contribution in [2.45, 2.75) is 13.3 Å². The van der Waals surface area contributed by atoms with Crippen LogP contribution in [0, 0.1) is 0 Å². The maximum absolute atomic E-state index is 11.2. The second-order valence-corrected chi connectivity index (χ2v) is 2.46. The summed E-state index contributed by atoms with van der Waals surface area (Å²) in [5.41, 5.74) is 0.335. The largest absolute Gasteiger partial charge is 0.468 e. The molecule has 1 heterocycles. The smallest absolute Gasteiger partial charge is 0.345 e. The molecule has 0 aliphatic heterocycles. The summed E-state index contributed by atoms with van der Waals surface area (Å²) in [5.74, 6) is 0.473. The van der Waals surface area contributed by atoms with Crippen molar-refractivity contribution in [3.8, 4) is 5.95 Å². The Bertz CT molecular complexity index is 301. The van der Waals surface area contributed by atoms with Crippen LogP contribution in [-0.2, 0) is 11.2 Å². The Balaban J connectivity index is 3.03. The minimum Gasteiger partial charge on any atom is -0.468 e. The van der Waals surface area contributed by atoms with Gasteiger partial charge < -0.3 is 13.9 Å². The summed E-state index contributed by atoms with van der Waals surface area (Å²) in [5, 5.41) is 0. The van der Waals surface area contributed by atoms with E-state index in [0.717, 1.165) is 0 Å². The molecule has 72 valence electrons. The van der Waals surface area contributed by atoms with Crippen LogP contribution in [0.2, 0.25) is 0 Å². The lowest BCUT2D eigenvalue weighted by Crippen LogP contribution is -2.01. The molecule has 0 aliphatic carbocycles. The van der Waals surface area contributed by atoms with Crippen LogP contribution in [0.5, 0.6) is 5.95 Å². The molecule has 1 rings (SSSR count). The summed E-state index contributed by atoms with van der Waals surface area (Å²) in [6.45, 7) is 1.93. The van der Waals surface area contributed by atoms with Crippen molar-refractivity contribution < 1.29 is 18.7 Å². The first-order valence-corrected chi connectivity index (χ1v) is 3.98. The van der Waals surface area contributed by atoms with Crippen LogP contribution in [0.1, 0.15) is 23.0 Å². The second kappa shape index (κ2) is 3.98. The first kappa shape index (κ1) is 9.64. The van der Waals surface area contributed by atoms with Gasteiger partial charge in [0, 0.05) is 6.42 Å². The Morgan fingerprint density at radius 2 is 2.23 bits per heavy atom. The van der Waals surface area contributed by atoms with Crippen molar-refractivity contribution in [3.05, 3.63) is 17.4 Å². The monoisotopic (exact) mass is 184 g/mol. The Hall–Kier alpha value is -1.45. The Morgan fingerprint density at radius 1 is 1.54 bits per heavy atom. The molecule has 0 fully saturated rings. The molecule has 0 spiro atoms. The molecule has 13 heavy (non-hydrogen) atoms. The molecule has 4 heteroatoms. The zero-order valence-corrected chi connectivity index (χ0v) is 7.92. The van der Waals surface area contributed by atoms with Gasteiger partial charge in [-0.2, -0.15) is 0 Å². The van der Waals surface area contributed by atoms with Gasteiger partial charge in [-0.05, 0) is 6.07 Å². The number of carbonyl (C=O) groups is 1. The fourth-order valence-electron chi connectivity index (χ4n) is 1.00. The van der Waals surface area contributed by atoms with E-state index in [2.05, 4.69) is 4.74 Å². The number of hydrogen-bond acceptors (Lipinski definition) is 4. The molecule has 1 aromatic rings. The van der Waals surface area contributed by atoms with E-state index in [-0.39, 0.29) is 5.95 Å². The van der Waals surface area contributed by atoms with Crippen LogP contribution < -0.4 is 4.74 Å². The summed E-state index contributed by atoms with van der Waals surface area (Å²) in [4.78, 5) is 11.2. The topological polar surface area (TPSA) is 48.7 Å². The van der Waals surface area contributed by atoms with Crippen LogP contribution in [-0.4, -0.2) is 20.2 Å². The van der Waals surface area contributed by atoms with Gasteiger partial charge in [0.1, 0.15) is 11.3 Å². The summed E-state index contributed by atoms with van der Waals surface area (Å²) >= 11 is 0. The second-order valence-electron chi connectivity index (χ2n) is 2.46. The van der Waals surface area contributed by atoms with Gasteiger partial charge in [-0.15, -0.1) is 0 Å². The summed E-state index contributed by atoms with van der Waals surface area (Å²) in [6, 6.07) is 1.63. The van der Waals surface area contributed by atoms with E-state index in [1.807, 2.05) is 6.92 Å². The van der Waals surface area contributed by atoms with Crippen molar-refractivity contribution in [2.24, 2.45) is 0 Å². The fourth-order valence-corrected chi connectivity index (χ4v) is 1.00. The molecule has 0 unspecified atom stereocenters. The molecule has 0 atom stereocenters. The first-order valence-electron chi connectivity index (χ1n) is 3.98. The lowest BCUT2D eigenvalue weighted by atomic mass is 10.3. The van der Waals surface area contributed by atoms with Crippen LogP contribution >= 0.6 is 0 Å². The van der Waals surface area contributed by atoms with Gasteiger partial charge in [0.05, 0.1) is 14.2 Å². The van der Waals surface area contributed by atoms with Gasteiger partial charge >= 0.3 is 5.97 Å². The molecule has 0 radical (unpaired) electrons. The fraction of sp³-hybridized carbons (Fsp3) is 0.444. The standard InChI is InChI=1S/C9H12O4/c1-4-6-5-7(8(10)11-2)9(12-3)13-6/h5H,4H2,1-3H3. The quantitative estimate of drug-likeness (QED) is 0.670. The van der Waals surface area contributed by atoms with Gasteiger partial charge in [-0.25, -0.2) is 4.79 Å². The summed E-state index contributed by atoms with van der Waals surface area (Å²) in [6.07, 6.45) is 0.716. The van der Waals surface area contributed by atoms with Gasteiger partial charge in [0.15, 0.2) is 0 Å². The highest BCUT2D eigenvalue weighted by atomic mass is 16.6. The van der Waals surface area contributed by atoms with Gasteiger partial charge in [-0.1, -0.05) is 6.92 Å². The highest BCUT2D eigenvalue weighted by molar-refractivity contribution is 5.91. The predicted octanol–water partition coefficient (Wildman–Crippen LogP) is 1.64. The first-order chi connectivity index (χ1) is 6.22. The van der Waals surface area contributed by atoms with E-state index >= 15 is 0 Å². The number of ether oxygens (including phenoxy) is 2. The SMILES string of the molecule is CCc1cc(C(=O)OC)c(OC)o1. The predicted molar refractivity (Wildman–Crippen MR) is 46.0 cm³/mol. The molecule has 0 aromatic carbocycles. The zero-order valence-electron chi connectivity index (χ0n) is 7.92. The minimum atomic E-state index is -0.444. The Kier molecular flexibility index (Phi) is 2.95. The Labute approximate surface area is 76.4 Å². The van der Waals surface area contributed by atoms with E-state index in [1.165, 1.54) is 14.2 Å². The Morgan fingerprint density at radius 3 is 2.69 bits per heavy atom. The third-order valence-corrected chi connectivity index (χ3v) is 1.69. The van der Waals surface area contributed by atoms with Crippen molar-refractivity contribution in [2.75, 3.05) is 14.2 Å². The third kappa shape index (κ3) is 1.83. The molecule has 0 aliphatic rings. The van der Waals surface area contributed by atoms with Crippen LogP contribution in [0.3, 0.4) is 0 Å². The van der Waals surface area contributed by atoms with Crippen LogP contribution in [0.25, 0.3) is 0 Å². The van der Waals surface area contributed by atoms with E-state index in [9.17, 15) is 4.79 Å². The van der Waals surface area contributed by atoms with E-state index in [1.54, 1.807) is 6.07 Å². The maximum atomic E-state index is 11.2. The number of rotatable bonds is 3. The molecule has 0 bridgehead atoms. The molecule has 0 saturated carbocycles. The van der Waals surface area contributed by atoms with Gasteiger partial charge in [0.2, 0.25) is 0 Å². The molecular weight excluding hydrogens is 172 g/mol. The number of methoxy groups -OCH3 is 2. The average Bonchev–Trinajstić information content (AvgIpc) is 2.59. The van der Waals surface area contributed by atoms with Gasteiger partial charge in [-0.3, -0.25) is 0 Å². The zero-order chi connectivity index (χ0) is 9.84. The van der Waals surface area contributed by atoms with Crippen molar-refractivity contribution >= 4 is 5.97 Å². The average molecular weight is 184 g/mol. The van der Waals surface area contributed by atoms with Crippen molar-refractivity contribution in [1.29, 1.82) is 0 Å². The highest BCUT2D eigenvalue weighted by Crippen LogP contribution is 2.24. The van der Waals surface area contributed by atoms with Crippen molar-refractivity contribution in [1.82, 2.24) is 0 Å². The van der Waals surface area contributed by atoms with E-state index in [4.69, 9.17) is 9.15 Å². The lowest BCUT2D eigenvalue weighted by molar-refractivity contribution is 0.0594.